The van der Waals surface area contributed by atoms with Crippen molar-refractivity contribution in [2.75, 3.05) is 51.3 Å². The number of aromatic nitrogens is 1. The van der Waals surface area contributed by atoms with Gasteiger partial charge in [0.15, 0.2) is 0 Å². The van der Waals surface area contributed by atoms with E-state index >= 15 is 0 Å². The molecule has 2 aliphatic heterocycles. The number of carbonyl (C=O) groups excluding carboxylic acids is 1. The number of anilines is 1. The van der Waals surface area contributed by atoms with Crippen molar-refractivity contribution in [1.82, 2.24) is 14.2 Å². The molecule has 0 aliphatic carbocycles. The summed E-state index contributed by atoms with van der Waals surface area (Å²) in [6.07, 6.45) is 3.88. The molecule has 0 atom stereocenters. The number of methoxy groups -OCH3 is 1. The number of piperazine rings is 1. The summed E-state index contributed by atoms with van der Waals surface area (Å²) in [6, 6.07) is 7.91. The smallest absolute Gasteiger partial charge is 0.270 e. The molecule has 33 heavy (non-hydrogen) atoms. The molecule has 1 aromatic heterocycles. The molecular formula is C24H34N4O4S. The molecule has 0 saturated carbocycles. The number of ether oxygens (including phenoxy) is 1. The summed E-state index contributed by atoms with van der Waals surface area (Å²) in [5.41, 5.74) is 2.55. The van der Waals surface area contributed by atoms with Crippen molar-refractivity contribution in [2.45, 2.75) is 44.4 Å². The largest absolute Gasteiger partial charge is 0.497 e. The van der Waals surface area contributed by atoms with E-state index < -0.39 is 10.0 Å². The highest BCUT2D eigenvalue weighted by molar-refractivity contribution is 7.89. The lowest BCUT2D eigenvalue weighted by Crippen LogP contribution is -2.49. The normalized spacial score (nSPS) is 18.3. The van der Waals surface area contributed by atoms with Gasteiger partial charge in [-0.25, -0.2) is 8.42 Å². The van der Waals surface area contributed by atoms with E-state index in [2.05, 4.69) is 9.88 Å². The lowest BCUT2D eigenvalue weighted by atomic mass is 10.2. The van der Waals surface area contributed by atoms with Crippen molar-refractivity contribution < 1.29 is 17.9 Å². The predicted molar refractivity (Wildman–Crippen MR) is 129 cm³/mol. The Hall–Kier alpha value is -2.52. The van der Waals surface area contributed by atoms with E-state index in [4.69, 9.17) is 4.74 Å². The second-order valence-electron chi connectivity index (χ2n) is 8.87. The number of aromatic amines is 1. The Morgan fingerprint density at radius 1 is 0.909 bits per heavy atom. The first-order valence-corrected chi connectivity index (χ1v) is 13.1. The van der Waals surface area contributed by atoms with Crippen molar-refractivity contribution in [2.24, 2.45) is 0 Å². The Balaban J connectivity index is 1.48. The molecule has 1 amide bonds. The van der Waals surface area contributed by atoms with Crippen molar-refractivity contribution in [3.8, 4) is 5.75 Å². The third-order valence-corrected chi connectivity index (χ3v) is 8.92. The summed E-state index contributed by atoms with van der Waals surface area (Å²) in [5.74, 6) is 0.679. The zero-order valence-electron chi connectivity index (χ0n) is 19.8. The van der Waals surface area contributed by atoms with Gasteiger partial charge in [0.2, 0.25) is 10.0 Å². The van der Waals surface area contributed by atoms with Crippen molar-refractivity contribution in [1.29, 1.82) is 0 Å². The van der Waals surface area contributed by atoms with Crippen LogP contribution in [0.5, 0.6) is 5.75 Å². The van der Waals surface area contributed by atoms with Gasteiger partial charge in [0.25, 0.3) is 5.91 Å². The molecule has 2 aromatic rings. The number of nitrogens with one attached hydrogen (secondary N) is 1. The Kier molecular flexibility index (Phi) is 6.99. The van der Waals surface area contributed by atoms with Crippen LogP contribution in [0.1, 0.15) is 47.4 Å². The Morgan fingerprint density at radius 2 is 1.52 bits per heavy atom. The topological polar surface area (TPSA) is 86.0 Å². The number of rotatable bonds is 5. The predicted octanol–water partition coefficient (Wildman–Crippen LogP) is 3.17. The Bertz CT molecular complexity index is 1080. The summed E-state index contributed by atoms with van der Waals surface area (Å²) in [5, 5.41) is 0. The van der Waals surface area contributed by atoms with Crippen LogP contribution in [-0.4, -0.2) is 74.9 Å². The van der Waals surface area contributed by atoms with E-state index in [1.54, 1.807) is 30.2 Å². The van der Waals surface area contributed by atoms with Crippen LogP contribution in [0.4, 0.5) is 5.69 Å². The molecule has 0 spiro atoms. The first kappa shape index (κ1) is 23.6. The molecule has 4 rings (SSSR count). The molecule has 0 unspecified atom stereocenters. The third-order valence-electron chi connectivity index (χ3n) is 6.75. The molecule has 1 aromatic carbocycles. The van der Waals surface area contributed by atoms with Gasteiger partial charge in [0.05, 0.1) is 7.11 Å². The minimum atomic E-state index is -3.63. The fraction of sp³-hybridized carbons (Fsp3) is 0.542. The molecule has 0 bridgehead atoms. The maximum Gasteiger partial charge on any atom is 0.270 e. The highest BCUT2D eigenvalue weighted by Crippen LogP contribution is 2.29. The molecule has 2 aliphatic rings. The fourth-order valence-corrected chi connectivity index (χ4v) is 6.79. The maximum atomic E-state index is 13.4. The monoisotopic (exact) mass is 474 g/mol. The van der Waals surface area contributed by atoms with E-state index in [1.165, 1.54) is 0 Å². The first-order valence-electron chi connectivity index (χ1n) is 11.7. The lowest BCUT2D eigenvalue weighted by Gasteiger charge is -2.36. The number of amides is 1. The van der Waals surface area contributed by atoms with Gasteiger partial charge < -0.3 is 19.5 Å². The molecule has 3 heterocycles. The minimum absolute atomic E-state index is 0.137. The van der Waals surface area contributed by atoms with Gasteiger partial charge in [-0.05, 0) is 56.5 Å². The van der Waals surface area contributed by atoms with Gasteiger partial charge in [-0.2, -0.15) is 4.31 Å². The number of hydrogen-bond donors (Lipinski definition) is 1. The van der Waals surface area contributed by atoms with Crippen LogP contribution in [0.25, 0.3) is 0 Å². The molecule has 180 valence electrons. The van der Waals surface area contributed by atoms with Crippen molar-refractivity contribution in [3.05, 3.63) is 41.2 Å². The Morgan fingerprint density at radius 3 is 2.09 bits per heavy atom. The molecule has 1 N–H and O–H groups in total. The quantitative estimate of drug-likeness (QED) is 0.719. The Labute approximate surface area is 196 Å². The molecule has 2 fully saturated rings. The van der Waals surface area contributed by atoms with Crippen LogP contribution in [-0.2, 0) is 10.0 Å². The summed E-state index contributed by atoms with van der Waals surface area (Å²) in [7, 11) is -1.98. The first-order chi connectivity index (χ1) is 15.8. The highest BCUT2D eigenvalue weighted by Gasteiger charge is 2.33. The number of nitrogens with zero attached hydrogens (tertiary/aromatic N) is 3. The van der Waals surface area contributed by atoms with Gasteiger partial charge in [0, 0.05) is 50.6 Å². The molecule has 0 radical (unpaired) electrons. The van der Waals surface area contributed by atoms with Crippen LogP contribution < -0.4 is 9.64 Å². The number of benzene rings is 1. The van der Waals surface area contributed by atoms with Crippen molar-refractivity contribution >= 4 is 21.6 Å². The minimum Gasteiger partial charge on any atom is -0.497 e. The van der Waals surface area contributed by atoms with E-state index in [-0.39, 0.29) is 10.8 Å². The van der Waals surface area contributed by atoms with Crippen LogP contribution in [0.15, 0.2) is 29.2 Å². The van der Waals surface area contributed by atoms with Crippen LogP contribution in [0.2, 0.25) is 0 Å². The number of aryl methyl sites for hydroxylation is 1. The lowest BCUT2D eigenvalue weighted by molar-refractivity contribution is 0.0740. The second-order valence-corrected chi connectivity index (χ2v) is 10.7. The molecule has 2 saturated heterocycles. The molecule has 8 nitrogen and oxygen atoms in total. The fourth-order valence-electron chi connectivity index (χ4n) is 4.86. The van der Waals surface area contributed by atoms with Crippen molar-refractivity contribution in [3.63, 3.8) is 0 Å². The van der Waals surface area contributed by atoms with E-state index in [9.17, 15) is 13.2 Å². The van der Waals surface area contributed by atoms with Gasteiger partial charge in [0.1, 0.15) is 16.3 Å². The number of sulfonamides is 1. The zero-order valence-corrected chi connectivity index (χ0v) is 20.6. The average Bonchev–Trinajstić information content (AvgIpc) is 3.00. The van der Waals surface area contributed by atoms with Crippen LogP contribution >= 0.6 is 0 Å². The van der Waals surface area contributed by atoms with E-state index in [0.717, 1.165) is 50.2 Å². The zero-order chi connectivity index (χ0) is 23.6. The van der Waals surface area contributed by atoms with E-state index in [1.807, 2.05) is 24.3 Å². The van der Waals surface area contributed by atoms with Crippen LogP contribution in [0, 0.1) is 13.8 Å². The second kappa shape index (κ2) is 9.77. The summed E-state index contributed by atoms with van der Waals surface area (Å²) in [4.78, 5) is 20.7. The van der Waals surface area contributed by atoms with Gasteiger partial charge >= 0.3 is 0 Å². The maximum absolute atomic E-state index is 13.4. The standard InChI is InChI=1S/C24H34N4O4S/c1-18-22(25-19(2)23(18)33(30,31)28-12-6-4-5-7-13-28)24(29)27-16-14-26(15-17-27)20-8-10-21(32-3)11-9-20/h8-11,25H,4-7,12-17H2,1-3H3. The summed E-state index contributed by atoms with van der Waals surface area (Å²) < 4.78 is 33.6. The summed E-state index contributed by atoms with van der Waals surface area (Å²) >= 11 is 0. The average molecular weight is 475 g/mol. The van der Waals surface area contributed by atoms with Crippen LogP contribution in [0.3, 0.4) is 0 Å². The van der Waals surface area contributed by atoms with Gasteiger partial charge in [-0.3, -0.25) is 4.79 Å². The molecule has 9 heteroatoms. The number of carbonyl (C=O) groups is 1. The number of hydrogen-bond acceptors (Lipinski definition) is 5. The van der Waals surface area contributed by atoms with Gasteiger partial charge in [-0.15, -0.1) is 0 Å². The van der Waals surface area contributed by atoms with Gasteiger partial charge in [-0.1, -0.05) is 12.8 Å². The third kappa shape index (κ3) is 4.75. The SMILES string of the molecule is COc1ccc(N2CCN(C(=O)c3[nH]c(C)c(S(=O)(=O)N4CCCCCC4)c3C)CC2)cc1. The van der Waals surface area contributed by atoms with E-state index in [0.29, 0.717) is 43.1 Å². The number of H-pyrrole nitrogens is 1. The summed E-state index contributed by atoms with van der Waals surface area (Å²) in [6.45, 7) is 7.18. The molecular weight excluding hydrogens is 440 g/mol. The highest BCUT2D eigenvalue weighted by atomic mass is 32.2.